The Morgan fingerprint density at radius 3 is 2.78 bits per heavy atom. The van der Waals surface area contributed by atoms with Gasteiger partial charge in [0.1, 0.15) is 12.1 Å². The maximum Gasteiger partial charge on any atom is 0.132 e. The molecule has 0 fully saturated rings. The van der Waals surface area contributed by atoms with Crippen LogP contribution in [0, 0.1) is 5.92 Å². The third-order valence-corrected chi connectivity index (χ3v) is 3.62. The maximum atomic E-state index is 9.84. The van der Waals surface area contributed by atoms with Gasteiger partial charge in [-0.15, -0.1) is 0 Å². The highest BCUT2D eigenvalue weighted by Gasteiger charge is 2.15. The van der Waals surface area contributed by atoms with Crippen LogP contribution < -0.4 is 5.32 Å². The maximum absolute atomic E-state index is 9.84. The molecule has 1 atom stereocenters. The zero-order valence-corrected chi connectivity index (χ0v) is 11.3. The molecule has 100 valence electrons. The molecule has 0 bridgehead atoms. The number of aliphatic hydroxyl groups excluding tert-OH is 1. The molecule has 18 heavy (non-hydrogen) atoms. The number of anilines is 1. The molecule has 0 amide bonds. The number of nitrogens with one attached hydrogen (secondary N) is 1. The minimum Gasteiger partial charge on any atom is -0.391 e. The molecule has 1 aromatic heterocycles. The van der Waals surface area contributed by atoms with Crippen LogP contribution in [-0.2, 0) is 12.8 Å². The fourth-order valence-electron chi connectivity index (χ4n) is 2.29. The molecule has 0 radical (unpaired) electrons. The SMILES string of the molecule is CC(C)C(O)CNc1ncnc2c1CCCCC2. The Bertz CT molecular complexity index is 393. The van der Waals surface area contributed by atoms with Gasteiger partial charge >= 0.3 is 0 Å². The van der Waals surface area contributed by atoms with Crippen LogP contribution in [-0.4, -0.2) is 27.7 Å². The molecule has 2 N–H and O–H groups in total. The van der Waals surface area contributed by atoms with Gasteiger partial charge in [0.2, 0.25) is 0 Å². The Kier molecular flexibility index (Phi) is 4.53. The number of rotatable bonds is 4. The Morgan fingerprint density at radius 1 is 1.22 bits per heavy atom. The lowest BCUT2D eigenvalue weighted by Crippen LogP contribution is -2.25. The quantitative estimate of drug-likeness (QED) is 0.803. The largest absolute Gasteiger partial charge is 0.391 e. The van der Waals surface area contributed by atoms with Crippen molar-refractivity contribution in [1.82, 2.24) is 9.97 Å². The minimum atomic E-state index is -0.332. The van der Waals surface area contributed by atoms with Crippen LogP contribution in [0.4, 0.5) is 5.82 Å². The van der Waals surface area contributed by atoms with Crippen LogP contribution in [0.1, 0.15) is 44.4 Å². The monoisotopic (exact) mass is 249 g/mol. The minimum absolute atomic E-state index is 0.262. The van der Waals surface area contributed by atoms with E-state index in [9.17, 15) is 5.11 Å². The van der Waals surface area contributed by atoms with Crippen molar-refractivity contribution in [3.8, 4) is 0 Å². The highest BCUT2D eigenvalue weighted by molar-refractivity contribution is 5.46. The lowest BCUT2D eigenvalue weighted by Gasteiger charge is -2.17. The molecule has 1 aromatic rings. The smallest absolute Gasteiger partial charge is 0.132 e. The summed E-state index contributed by atoms with van der Waals surface area (Å²) in [7, 11) is 0. The van der Waals surface area contributed by atoms with E-state index >= 15 is 0 Å². The first-order valence-electron chi connectivity index (χ1n) is 6.93. The Balaban J connectivity index is 2.08. The highest BCUT2D eigenvalue weighted by Crippen LogP contribution is 2.23. The van der Waals surface area contributed by atoms with Crippen molar-refractivity contribution in [2.24, 2.45) is 5.92 Å². The summed E-state index contributed by atoms with van der Waals surface area (Å²) in [6.07, 6.45) is 7.11. The van der Waals surface area contributed by atoms with Gasteiger partial charge < -0.3 is 10.4 Å². The van der Waals surface area contributed by atoms with E-state index in [0.29, 0.717) is 6.54 Å². The number of hydrogen-bond acceptors (Lipinski definition) is 4. The molecule has 4 heteroatoms. The molecule has 0 aliphatic heterocycles. The molecule has 4 nitrogen and oxygen atoms in total. The third-order valence-electron chi connectivity index (χ3n) is 3.62. The predicted molar refractivity (Wildman–Crippen MR) is 72.6 cm³/mol. The first-order chi connectivity index (χ1) is 8.68. The van der Waals surface area contributed by atoms with Crippen molar-refractivity contribution in [3.05, 3.63) is 17.6 Å². The zero-order chi connectivity index (χ0) is 13.0. The van der Waals surface area contributed by atoms with Gasteiger partial charge in [-0.3, -0.25) is 0 Å². The van der Waals surface area contributed by atoms with E-state index < -0.39 is 0 Å². The number of aliphatic hydroxyl groups is 1. The Morgan fingerprint density at radius 2 is 2.00 bits per heavy atom. The van der Waals surface area contributed by atoms with E-state index in [2.05, 4.69) is 15.3 Å². The van der Waals surface area contributed by atoms with Gasteiger partial charge in [-0.05, 0) is 31.6 Å². The molecular weight excluding hydrogens is 226 g/mol. The number of aromatic nitrogens is 2. The average molecular weight is 249 g/mol. The van der Waals surface area contributed by atoms with E-state index in [1.807, 2.05) is 13.8 Å². The summed E-state index contributed by atoms with van der Waals surface area (Å²) in [5, 5.41) is 13.1. The summed E-state index contributed by atoms with van der Waals surface area (Å²) >= 11 is 0. The number of nitrogens with zero attached hydrogens (tertiary/aromatic N) is 2. The van der Waals surface area contributed by atoms with E-state index in [1.165, 1.54) is 30.5 Å². The van der Waals surface area contributed by atoms with Crippen molar-refractivity contribution in [3.63, 3.8) is 0 Å². The van der Waals surface area contributed by atoms with Crippen LogP contribution in [0.25, 0.3) is 0 Å². The van der Waals surface area contributed by atoms with Crippen LogP contribution in [0.15, 0.2) is 6.33 Å². The van der Waals surface area contributed by atoms with Gasteiger partial charge in [-0.1, -0.05) is 20.3 Å². The van der Waals surface area contributed by atoms with Crippen molar-refractivity contribution >= 4 is 5.82 Å². The van der Waals surface area contributed by atoms with Gasteiger partial charge in [0.05, 0.1) is 6.10 Å². The van der Waals surface area contributed by atoms with Crippen LogP contribution in [0.5, 0.6) is 0 Å². The van der Waals surface area contributed by atoms with E-state index in [4.69, 9.17) is 0 Å². The third kappa shape index (κ3) is 3.19. The van der Waals surface area contributed by atoms with Crippen LogP contribution in [0.2, 0.25) is 0 Å². The van der Waals surface area contributed by atoms with Crippen molar-refractivity contribution in [1.29, 1.82) is 0 Å². The number of aryl methyl sites for hydroxylation is 1. The van der Waals surface area contributed by atoms with Crippen molar-refractivity contribution < 1.29 is 5.11 Å². The molecule has 1 aliphatic carbocycles. The van der Waals surface area contributed by atoms with Crippen molar-refractivity contribution in [2.45, 2.75) is 52.1 Å². The normalized spacial score (nSPS) is 17.1. The van der Waals surface area contributed by atoms with Crippen LogP contribution in [0.3, 0.4) is 0 Å². The van der Waals surface area contributed by atoms with E-state index in [0.717, 1.165) is 18.7 Å². The second-order valence-corrected chi connectivity index (χ2v) is 5.40. The Hall–Kier alpha value is -1.16. The first kappa shape index (κ1) is 13.3. The summed E-state index contributed by atoms with van der Waals surface area (Å²) in [6.45, 7) is 4.60. The fraction of sp³-hybridized carbons (Fsp3) is 0.714. The van der Waals surface area contributed by atoms with E-state index in [-0.39, 0.29) is 12.0 Å². The zero-order valence-electron chi connectivity index (χ0n) is 11.3. The molecular formula is C14H23N3O. The standard InChI is InChI=1S/C14H23N3O/c1-10(2)13(18)8-15-14-11-6-4-3-5-7-12(11)16-9-17-14/h9-10,13,18H,3-8H2,1-2H3,(H,15,16,17). The molecule has 1 heterocycles. The van der Waals surface area contributed by atoms with E-state index in [1.54, 1.807) is 6.33 Å². The van der Waals surface area contributed by atoms with Gasteiger partial charge in [-0.2, -0.15) is 0 Å². The topological polar surface area (TPSA) is 58.0 Å². The molecule has 0 spiro atoms. The molecule has 0 saturated heterocycles. The second kappa shape index (κ2) is 6.14. The van der Waals surface area contributed by atoms with Gasteiger partial charge in [-0.25, -0.2) is 9.97 Å². The van der Waals surface area contributed by atoms with Crippen LogP contribution >= 0.6 is 0 Å². The molecule has 1 aliphatic rings. The summed E-state index contributed by atoms with van der Waals surface area (Å²) in [6, 6.07) is 0. The molecule has 0 aromatic carbocycles. The van der Waals surface area contributed by atoms with Gasteiger partial charge in [0.15, 0.2) is 0 Å². The Labute approximate surface area is 109 Å². The predicted octanol–water partition coefficient (Wildman–Crippen LogP) is 2.17. The molecule has 0 saturated carbocycles. The summed E-state index contributed by atoms with van der Waals surface area (Å²) in [5.74, 6) is 1.18. The summed E-state index contributed by atoms with van der Waals surface area (Å²) < 4.78 is 0. The lowest BCUT2D eigenvalue weighted by molar-refractivity contribution is 0.138. The molecule has 1 unspecified atom stereocenters. The average Bonchev–Trinajstić information content (AvgIpc) is 2.61. The summed E-state index contributed by atoms with van der Waals surface area (Å²) in [4.78, 5) is 8.72. The van der Waals surface area contributed by atoms with Crippen molar-refractivity contribution in [2.75, 3.05) is 11.9 Å². The highest BCUT2D eigenvalue weighted by atomic mass is 16.3. The number of hydrogen-bond donors (Lipinski definition) is 2. The molecule has 2 rings (SSSR count). The summed E-state index contributed by atoms with van der Waals surface area (Å²) in [5.41, 5.74) is 2.44. The van der Waals surface area contributed by atoms with Gasteiger partial charge in [0.25, 0.3) is 0 Å². The number of fused-ring (bicyclic) bond motifs is 1. The second-order valence-electron chi connectivity index (χ2n) is 5.40. The van der Waals surface area contributed by atoms with Gasteiger partial charge in [0, 0.05) is 17.8 Å². The first-order valence-corrected chi connectivity index (χ1v) is 6.93. The fourth-order valence-corrected chi connectivity index (χ4v) is 2.29. The lowest BCUT2D eigenvalue weighted by atomic mass is 10.1.